The Balaban J connectivity index is 2.09. The molecule has 5 nitrogen and oxygen atoms in total. The average Bonchev–Trinajstić information content (AvgIpc) is 2.42. The fourth-order valence-corrected chi connectivity index (χ4v) is 1.38. The number of hydrazine groups is 1. The van der Waals surface area contributed by atoms with E-state index in [0.29, 0.717) is 24.5 Å². The molecule has 18 heavy (non-hydrogen) atoms. The van der Waals surface area contributed by atoms with Crippen molar-refractivity contribution in [3.63, 3.8) is 0 Å². The summed E-state index contributed by atoms with van der Waals surface area (Å²) in [4.78, 5) is 10.9. The van der Waals surface area contributed by atoms with Crippen molar-refractivity contribution in [3.05, 3.63) is 30.3 Å². The fourth-order valence-electron chi connectivity index (χ4n) is 1.23. The van der Waals surface area contributed by atoms with Gasteiger partial charge in [0, 0.05) is 13.0 Å². The molecule has 0 atom stereocenters. The predicted molar refractivity (Wildman–Crippen MR) is 75.1 cm³/mol. The van der Waals surface area contributed by atoms with E-state index in [1.165, 1.54) is 7.11 Å². The number of rotatable bonds is 6. The van der Waals surface area contributed by atoms with Gasteiger partial charge in [-0.2, -0.15) is 0 Å². The summed E-state index contributed by atoms with van der Waals surface area (Å²) in [7, 11) is 1.38. The van der Waals surface area contributed by atoms with Gasteiger partial charge in [-0.1, -0.05) is 18.2 Å². The molecule has 0 amide bonds. The highest BCUT2D eigenvalue weighted by atomic mass is 32.1. The minimum atomic E-state index is -0.210. The second-order valence-electron chi connectivity index (χ2n) is 3.55. The SMILES string of the molecule is COC(=O)CCCNC(=S)NNc1ccccc1. The zero-order chi connectivity index (χ0) is 13.2. The van der Waals surface area contributed by atoms with Gasteiger partial charge in [0.1, 0.15) is 0 Å². The molecule has 0 fully saturated rings. The van der Waals surface area contributed by atoms with Crippen molar-refractivity contribution in [2.75, 3.05) is 19.1 Å². The average molecular weight is 267 g/mol. The van der Waals surface area contributed by atoms with Gasteiger partial charge in [0.15, 0.2) is 5.11 Å². The third kappa shape index (κ3) is 6.05. The van der Waals surface area contributed by atoms with E-state index in [2.05, 4.69) is 20.9 Å². The van der Waals surface area contributed by atoms with Crippen LogP contribution >= 0.6 is 12.2 Å². The van der Waals surface area contributed by atoms with Crippen molar-refractivity contribution < 1.29 is 9.53 Å². The van der Waals surface area contributed by atoms with Gasteiger partial charge in [0.25, 0.3) is 0 Å². The number of esters is 1. The van der Waals surface area contributed by atoms with Crippen LogP contribution in [0.5, 0.6) is 0 Å². The Morgan fingerprint density at radius 2 is 2.06 bits per heavy atom. The van der Waals surface area contributed by atoms with Gasteiger partial charge in [0.2, 0.25) is 0 Å². The molecule has 98 valence electrons. The maximum atomic E-state index is 10.9. The molecule has 1 aromatic carbocycles. The van der Waals surface area contributed by atoms with Crippen LogP contribution in [0.15, 0.2) is 30.3 Å². The van der Waals surface area contributed by atoms with E-state index >= 15 is 0 Å². The molecule has 0 heterocycles. The van der Waals surface area contributed by atoms with Crippen molar-refractivity contribution in [2.45, 2.75) is 12.8 Å². The molecule has 0 aromatic heterocycles. The second kappa shape index (κ2) is 8.30. The number of benzene rings is 1. The van der Waals surface area contributed by atoms with Gasteiger partial charge < -0.3 is 10.1 Å². The standard InChI is InChI=1S/C12H17N3O2S/c1-17-11(16)8-5-9-13-12(18)15-14-10-6-3-2-4-7-10/h2-4,6-7,14H,5,8-9H2,1H3,(H2,13,15,18). The summed E-state index contributed by atoms with van der Waals surface area (Å²) in [6, 6.07) is 9.64. The van der Waals surface area contributed by atoms with E-state index in [0.717, 1.165) is 5.69 Å². The number of hydrogen-bond donors (Lipinski definition) is 3. The first-order chi connectivity index (χ1) is 8.72. The molecule has 0 aliphatic carbocycles. The number of carbonyl (C=O) groups is 1. The Kier molecular flexibility index (Phi) is 6.56. The summed E-state index contributed by atoms with van der Waals surface area (Å²) in [6.45, 7) is 0.622. The first-order valence-electron chi connectivity index (χ1n) is 5.64. The number of anilines is 1. The number of methoxy groups -OCH3 is 1. The monoisotopic (exact) mass is 267 g/mol. The Hall–Kier alpha value is -1.82. The molecule has 0 saturated heterocycles. The van der Waals surface area contributed by atoms with Crippen molar-refractivity contribution in [1.29, 1.82) is 0 Å². The van der Waals surface area contributed by atoms with E-state index in [-0.39, 0.29) is 5.97 Å². The number of ether oxygens (including phenoxy) is 1. The first kappa shape index (κ1) is 14.2. The number of thiocarbonyl (C=S) groups is 1. The lowest BCUT2D eigenvalue weighted by Gasteiger charge is -2.12. The third-order valence-corrected chi connectivity index (χ3v) is 2.41. The highest BCUT2D eigenvalue weighted by molar-refractivity contribution is 7.80. The molecule has 0 aliphatic rings. The molecule has 6 heteroatoms. The molecule has 0 saturated carbocycles. The third-order valence-electron chi connectivity index (χ3n) is 2.17. The molecule has 1 aromatic rings. The second-order valence-corrected chi connectivity index (χ2v) is 3.96. The van der Waals surface area contributed by atoms with Crippen LogP contribution in [0.25, 0.3) is 0 Å². The van der Waals surface area contributed by atoms with E-state index < -0.39 is 0 Å². The topological polar surface area (TPSA) is 62.4 Å². The Bertz CT molecular complexity index is 384. The summed E-state index contributed by atoms with van der Waals surface area (Å²) in [5.74, 6) is -0.210. The summed E-state index contributed by atoms with van der Waals surface area (Å²) >= 11 is 5.06. The lowest BCUT2D eigenvalue weighted by molar-refractivity contribution is -0.140. The fraction of sp³-hybridized carbons (Fsp3) is 0.333. The first-order valence-corrected chi connectivity index (χ1v) is 6.05. The molecule has 0 bridgehead atoms. The minimum absolute atomic E-state index is 0.210. The maximum Gasteiger partial charge on any atom is 0.305 e. The van der Waals surface area contributed by atoms with Crippen molar-refractivity contribution in [2.24, 2.45) is 0 Å². The highest BCUT2D eigenvalue weighted by Gasteiger charge is 1.99. The van der Waals surface area contributed by atoms with Crippen molar-refractivity contribution in [1.82, 2.24) is 10.7 Å². The molecule has 1 rings (SSSR count). The number of hydrogen-bond acceptors (Lipinski definition) is 4. The zero-order valence-corrected chi connectivity index (χ0v) is 11.0. The lowest BCUT2D eigenvalue weighted by atomic mass is 10.3. The van der Waals surface area contributed by atoms with Gasteiger partial charge in [0.05, 0.1) is 12.8 Å². The van der Waals surface area contributed by atoms with Gasteiger partial charge in [-0.3, -0.25) is 15.6 Å². The summed E-state index contributed by atoms with van der Waals surface area (Å²) in [5.41, 5.74) is 6.74. The number of nitrogens with one attached hydrogen (secondary N) is 3. The van der Waals surface area contributed by atoms with Gasteiger partial charge in [-0.15, -0.1) is 0 Å². The molecule has 0 spiro atoms. The smallest absolute Gasteiger partial charge is 0.305 e. The molecule has 0 unspecified atom stereocenters. The molecule has 0 radical (unpaired) electrons. The summed E-state index contributed by atoms with van der Waals surface area (Å²) < 4.78 is 4.54. The van der Waals surface area contributed by atoms with Crippen LogP contribution in [0.4, 0.5) is 5.69 Å². The molecular formula is C12H17N3O2S. The summed E-state index contributed by atoms with van der Waals surface area (Å²) in [6.07, 6.45) is 1.07. The Morgan fingerprint density at radius 1 is 1.33 bits per heavy atom. The van der Waals surface area contributed by atoms with Crippen LogP contribution in [0.3, 0.4) is 0 Å². The largest absolute Gasteiger partial charge is 0.469 e. The normalized spacial score (nSPS) is 9.39. The Morgan fingerprint density at radius 3 is 2.72 bits per heavy atom. The number of para-hydroxylation sites is 1. The quantitative estimate of drug-likeness (QED) is 0.314. The molecule has 3 N–H and O–H groups in total. The maximum absolute atomic E-state index is 10.9. The zero-order valence-electron chi connectivity index (χ0n) is 10.2. The van der Waals surface area contributed by atoms with Gasteiger partial charge >= 0.3 is 5.97 Å². The number of carbonyl (C=O) groups excluding carboxylic acids is 1. The van der Waals surface area contributed by atoms with Crippen LogP contribution in [0.2, 0.25) is 0 Å². The van der Waals surface area contributed by atoms with Gasteiger partial charge in [-0.25, -0.2) is 0 Å². The minimum Gasteiger partial charge on any atom is -0.469 e. The van der Waals surface area contributed by atoms with Crippen LogP contribution in [0, 0.1) is 0 Å². The van der Waals surface area contributed by atoms with Crippen LogP contribution in [0.1, 0.15) is 12.8 Å². The van der Waals surface area contributed by atoms with Crippen LogP contribution in [-0.4, -0.2) is 24.7 Å². The van der Waals surface area contributed by atoms with Crippen molar-refractivity contribution >= 4 is 29.0 Å². The van der Waals surface area contributed by atoms with Crippen LogP contribution < -0.4 is 16.2 Å². The van der Waals surface area contributed by atoms with Gasteiger partial charge in [-0.05, 0) is 30.8 Å². The van der Waals surface area contributed by atoms with Crippen LogP contribution in [-0.2, 0) is 9.53 Å². The lowest BCUT2D eigenvalue weighted by Crippen LogP contribution is -2.39. The molecule has 0 aliphatic heterocycles. The van der Waals surface area contributed by atoms with E-state index in [9.17, 15) is 4.79 Å². The summed E-state index contributed by atoms with van der Waals surface area (Å²) in [5, 5.41) is 3.47. The van der Waals surface area contributed by atoms with E-state index in [1.54, 1.807) is 0 Å². The predicted octanol–water partition coefficient (Wildman–Crippen LogP) is 1.43. The highest BCUT2D eigenvalue weighted by Crippen LogP contribution is 2.02. The van der Waals surface area contributed by atoms with E-state index in [1.807, 2.05) is 30.3 Å². The molecular weight excluding hydrogens is 250 g/mol. The Labute approximate surface area is 112 Å². The van der Waals surface area contributed by atoms with Crippen molar-refractivity contribution in [3.8, 4) is 0 Å². The van der Waals surface area contributed by atoms with E-state index in [4.69, 9.17) is 12.2 Å².